The monoisotopic (exact) mass is 227 g/mol. The van der Waals surface area contributed by atoms with Crippen molar-refractivity contribution in [3.05, 3.63) is 0 Å². The molecule has 6 nitrogen and oxygen atoms in total. The van der Waals surface area contributed by atoms with Crippen molar-refractivity contribution in [2.45, 2.75) is 38.6 Å². The third-order valence-corrected chi connectivity index (χ3v) is 2.45. The van der Waals surface area contributed by atoms with E-state index in [4.69, 9.17) is 16.0 Å². The number of amidine groups is 1. The van der Waals surface area contributed by atoms with Crippen molar-refractivity contribution in [2.24, 2.45) is 5.84 Å². The van der Waals surface area contributed by atoms with Crippen LogP contribution in [0.15, 0.2) is 0 Å². The van der Waals surface area contributed by atoms with Gasteiger partial charge >= 0.3 is 5.97 Å². The van der Waals surface area contributed by atoms with E-state index >= 15 is 0 Å². The van der Waals surface area contributed by atoms with E-state index < -0.39 is 12.0 Å². The molecule has 3 N–H and O–H groups in total. The van der Waals surface area contributed by atoms with Crippen LogP contribution in [0.1, 0.15) is 32.6 Å². The number of nitrogens with two attached hydrogens (primary N) is 1. The second-order valence-corrected chi connectivity index (χ2v) is 3.79. The average Bonchev–Trinajstić information content (AvgIpc) is 2.63. The first kappa shape index (κ1) is 12.6. The number of carbonyl (C=O) groups excluding carboxylic acids is 2. The van der Waals surface area contributed by atoms with E-state index in [2.05, 4.69) is 0 Å². The molecule has 6 heteroatoms. The fourth-order valence-electron chi connectivity index (χ4n) is 1.57. The van der Waals surface area contributed by atoms with Gasteiger partial charge in [-0.15, -0.1) is 0 Å². The van der Waals surface area contributed by atoms with Crippen molar-refractivity contribution in [3.8, 4) is 0 Å². The van der Waals surface area contributed by atoms with Crippen molar-refractivity contribution in [3.63, 3.8) is 0 Å². The van der Waals surface area contributed by atoms with Gasteiger partial charge in [0.1, 0.15) is 17.7 Å². The Morgan fingerprint density at radius 3 is 2.88 bits per heavy atom. The summed E-state index contributed by atoms with van der Waals surface area (Å²) in [6, 6.07) is -0.609. The summed E-state index contributed by atoms with van der Waals surface area (Å²) < 4.78 is 4.75. The van der Waals surface area contributed by atoms with Gasteiger partial charge in [-0.25, -0.2) is 10.6 Å². The highest BCUT2D eigenvalue weighted by Crippen LogP contribution is 2.12. The summed E-state index contributed by atoms with van der Waals surface area (Å²) in [7, 11) is 0. The number of rotatable bonds is 5. The number of hydrogen-bond donors (Lipinski definition) is 2. The molecule has 1 fully saturated rings. The van der Waals surface area contributed by atoms with Gasteiger partial charge in [-0.2, -0.15) is 0 Å². The van der Waals surface area contributed by atoms with E-state index in [1.54, 1.807) is 0 Å². The van der Waals surface area contributed by atoms with E-state index in [9.17, 15) is 9.59 Å². The first-order valence-corrected chi connectivity index (χ1v) is 5.36. The number of nitrogens with zero attached hydrogens (tertiary/aromatic N) is 1. The van der Waals surface area contributed by atoms with Crippen LogP contribution < -0.4 is 5.84 Å². The summed E-state index contributed by atoms with van der Waals surface area (Å²) >= 11 is 0. The molecule has 1 unspecified atom stereocenters. The van der Waals surface area contributed by atoms with Gasteiger partial charge in [0.05, 0.1) is 13.0 Å². The molecule has 1 heterocycles. The van der Waals surface area contributed by atoms with Gasteiger partial charge in [0.15, 0.2) is 0 Å². The third kappa shape index (κ3) is 3.03. The Balaban J connectivity index is 2.47. The van der Waals surface area contributed by atoms with Gasteiger partial charge in [-0.05, 0) is 6.42 Å². The predicted octanol–water partition coefficient (Wildman–Crippen LogP) is 0.214. The molecule has 0 aromatic rings. The molecule has 0 saturated carbocycles. The zero-order chi connectivity index (χ0) is 12.1. The van der Waals surface area contributed by atoms with Crippen LogP contribution in [-0.4, -0.2) is 35.2 Å². The molecular weight excluding hydrogens is 210 g/mol. The van der Waals surface area contributed by atoms with E-state index in [0.717, 1.165) is 11.4 Å². The quantitative estimate of drug-likeness (QED) is 0.230. The molecule has 1 saturated heterocycles. The molecule has 0 aliphatic carbocycles. The SMILES string of the molecule is CCCC(=O)CC(=N)N(N)C1CCOC1=O. The number of Topliss-reactive ketones (excluding diaryl/α,β-unsaturated/α-hetero) is 1. The fraction of sp³-hybridized carbons (Fsp3) is 0.700. The molecule has 0 spiro atoms. The number of esters is 1. The van der Waals surface area contributed by atoms with Gasteiger partial charge in [0.25, 0.3) is 0 Å². The fourth-order valence-corrected chi connectivity index (χ4v) is 1.57. The normalized spacial score (nSPS) is 19.4. The second kappa shape index (κ2) is 5.60. The minimum Gasteiger partial charge on any atom is -0.464 e. The van der Waals surface area contributed by atoms with Gasteiger partial charge in [0.2, 0.25) is 0 Å². The number of hydrogen-bond acceptors (Lipinski definition) is 5. The molecule has 0 bridgehead atoms. The first-order chi connectivity index (χ1) is 7.56. The summed E-state index contributed by atoms with van der Waals surface area (Å²) in [5, 5.41) is 8.68. The standard InChI is InChI=1S/C10H17N3O3/c1-2-3-7(14)6-9(11)13(12)8-4-5-16-10(8)15/h8,11H,2-6,12H2,1H3. The maximum absolute atomic E-state index is 11.3. The van der Waals surface area contributed by atoms with Crippen molar-refractivity contribution in [2.75, 3.05) is 6.61 Å². The second-order valence-electron chi connectivity index (χ2n) is 3.79. The Morgan fingerprint density at radius 1 is 1.69 bits per heavy atom. The van der Waals surface area contributed by atoms with Gasteiger partial charge < -0.3 is 4.74 Å². The number of ether oxygens (including phenoxy) is 1. The topological polar surface area (TPSA) is 96.5 Å². The predicted molar refractivity (Wildman–Crippen MR) is 57.6 cm³/mol. The van der Waals surface area contributed by atoms with Crippen molar-refractivity contribution in [1.29, 1.82) is 5.41 Å². The lowest BCUT2D eigenvalue weighted by Crippen LogP contribution is -2.48. The zero-order valence-electron chi connectivity index (χ0n) is 9.36. The minimum absolute atomic E-state index is 0.0197. The molecule has 0 amide bonds. The van der Waals surface area contributed by atoms with Crippen LogP contribution in [0.4, 0.5) is 0 Å². The maximum atomic E-state index is 11.3. The van der Waals surface area contributed by atoms with Crippen molar-refractivity contribution in [1.82, 2.24) is 5.01 Å². The molecule has 0 aromatic carbocycles. The maximum Gasteiger partial charge on any atom is 0.330 e. The Hall–Kier alpha value is -1.43. The van der Waals surface area contributed by atoms with Crippen molar-refractivity contribution < 1.29 is 14.3 Å². The summed E-state index contributed by atoms with van der Waals surface area (Å²) in [6.45, 7) is 2.23. The molecule has 0 aromatic heterocycles. The van der Waals surface area contributed by atoms with Crippen LogP contribution in [0.25, 0.3) is 0 Å². The number of hydrazine groups is 1. The molecule has 1 atom stereocenters. The van der Waals surface area contributed by atoms with Crippen LogP contribution in [-0.2, 0) is 14.3 Å². The summed E-state index contributed by atoms with van der Waals surface area (Å²) in [6.07, 6.45) is 1.64. The molecule has 1 aliphatic rings. The lowest BCUT2D eigenvalue weighted by Gasteiger charge is -2.22. The highest BCUT2D eigenvalue weighted by Gasteiger charge is 2.32. The van der Waals surface area contributed by atoms with Crippen LogP contribution in [0.2, 0.25) is 0 Å². The third-order valence-electron chi connectivity index (χ3n) is 2.45. The van der Waals surface area contributed by atoms with E-state index in [-0.39, 0.29) is 18.0 Å². The lowest BCUT2D eigenvalue weighted by atomic mass is 10.1. The van der Waals surface area contributed by atoms with Gasteiger partial charge in [-0.3, -0.25) is 15.2 Å². The summed E-state index contributed by atoms with van der Waals surface area (Å²) in [4.78, 5) is 22.5. The molecule has 1 aliphatic heterocycles. The minimum atomic E-state index is -0.609. The summed E-state index contributed by atoms with van der Waals surface area (Å²) in [5.41, 5.74) is 0. The van der Waals surface area contributed by atoms with Crippen LogP contribution in [0, 0.1) is 5.41 Å². The Labute approximate surface area is 94.2 Å². The number of cyclic esters (lactones) is 1. The number of carbonyl (C=O) groups is 2. The van der Waals surface area contributed by atoms with E-state index in [1.165, 1.54) is 0 Å². The van der Waals surface area contributed by atoms with Gasteiger partial charge in [0, 0.05) is 12.8 Å². The number of ketones is 1. The molecule has 0 radical (unpaired) electrons. The lowest BCUT2D eigenvalue weighted by molar-refractivity contribution is -0.141. The molecule has 16 heavy (non-hydrogen) atoms. The highest BCUT2D eigenvalue weighted by molar-refractivity contribution is 6.00. The summed E-state index contributed by atoms with van der Waals surface area (Å²) in [5.74, 6) is 5.13. The Bertz CT molecular complexity index is 304. The largest absolute Gasteiger partial charge is 0.464 e. The smallest absolute Gasteiger partial charge is 0.330 e. The van der Waals surface area contributed by atoms with Crippen LogP contribution in [0.5, 0.6) is 0 Å². The highest BCUT2D eigenvalue weighted by atomic mass is 16.5. The average molecular weight is 227 g/mol. The van der Waals surface area contributed by atoms with E-state index in [0.29, 0.717) is 19.4 Å². The van der Waals surface area contributed by atoms with Crippen molar-refractivity contribution >= 4 is 17.6 Å². The Morgan fingerprint density at radius 2 is 2.38 bits per heavy atom. The molecule has 1 rings (SSSR count). The van der Waals surface area contributed by atoms with Crippen LogP contribution in [0.3, 0.4) is 0 Å². The number of nitrogens with one attached hydrogen (secondary N) is 1. The molecule has 90 valence electrons. The Kier molecular flexibility index (Phi) is 4.42. The first-order valence-electron chi connectivity index (χ1n) is 5.36. The van der Waals surface area contributed by atoms with E-state index in [1.807, 2.05) is 6.92 Å². The molecular formula is C10H17N3O3. The zero-order valence-corrected chi connectivity index (χ0v) is 9.36. The van der Waals surface area contributed by atoms with Crippen LogP contribution >= 0.6 is 0 Å². The van der Waals surface area contributed by atoms with Gasteiger partial charge in [-0.1, -0.05) is 6.92 Å².